The maximum atomic E-state index is 12.1. The van der Waals surface area contributed by atoms with E-state index in [1.165, 1.54) is 0 Å². The summed E-state index contributed by atoms with van der Waals surface area (Å²) in [5.41, 5.74) is 10.0. The summed E-state index contributed by atoms with van der Waals surface area (Å²) < 4.78 is 1.72. The molecular formula is C17H14ClN5O. The summed E-state index contributed by atoms with van der Waals surface area (Å²) in [6.07, 6.45) is 5.81. The van der Waals surface area contributed by atoms with Crippen LogP contribution in [0.3, 0.4) is 0 Å². The van der Waals surface area contributed by atoms with Gasteiger partial charge in [-0.25, -0.2) is 9.50 Å². The van der Waals surface area contributed by atoms with Crippen LogP contribution in [0.2, 0.25) is 5.02 Å². The highest BCUT2D eigenvalue weighted by atomic mass is 35.5. The first-order chi connectivity index (χ1) is 11.7. The summed E-state index contributed by atoms with van der Waals surface area (Å²) in [7, 11) is 0. The lowest BCUT2D eigenvalue weighted by Crippen LogP contribution is -2.32. The Kier molecular flexibility index (Phi) is 3.46. The predicted octanol–water partition coefficient (Wildman–Crippen LogP) is 2.83. The molecule has 120 valence electrons. The van der Waals surface area contributed by atoms with Crippen molar-refractivity contribution in [2.45, 2.75) is 13.3 Å². The van der Waals surface area contributed by atoms with Crippen molar-refractivity contribution in [1.29, 1.82) is 0 Å². The number of hydrazine groups is 1. The van der Waals surface area contributed by atoms with Gasteiger partial charge in [0.25, 0.3) is 5.91 Å². The van der Waals surface area contributed by atoms with Crippen molar-refractivity contribution in [3.05, 3.63) is 58.6 Å². The number of rotatable bonds is 2. The molecule has 3 heterocycles. The lowest BCUT2D eigenvalue weighted by molar-refractivity contribution is 0.0941. The van der Waals surface area contributed by atoms with Gasteiger partial charge in [0.1, 0.15) is 0 Å². The molecule has 0 spiro atoms. The number of benzene rings is 1. The van der Waals surface area contributed by atoms with E-state index in [9.17, 15) is 4.79 Å². The number of aryl methyl sites for hydroxylation is 1. The van der Waals surface area contributed by atoms with Crippen molar-refractivity contribution < 1.29 is 4.79 Å². The van der Waals surface area contributed by atoms with Crippen LogP contribution in [0.25, 0.3) is 22.9 Å². The van der Waals surface area contributed by atoms with Gasteiger partial charge in [0.05, 0.1) is 17.0 Å². The average Bonchev–Trinajstić information content (AvgIpc) is 2.87. The maximum absolute atomic E-state index is 12.1. The molecule has 1 aromatic carbocycles. The number of carbonyl (C=O) groups is 1. The van der Waals surface area contributed by atoms with Crippen LogP contribution in [0.4, 0.5) is 0 Å². The molecule has 3 aromatic rings. The first-order valence-corrected chi connectivity index (χ1v) is 7.96. The van der Waals surface area contributed by atoms with E-state index in [4.69, 9.17) is 11.6 Å². The Morgan fingerprint density at radius 2 is 2.04 bits per heavy atom. The van der Waals surface area contributed by atoms with Crippen LogP contribution in [0.15, 0.2) is 36.7 Å². The maximum Gasteiger partial charge on any atom is 0.273 e. The van der Waals surface area contributed by atoms with Crippen molar-refractivity contribution >= 4 is 29.2 Å². The zero-order chi connectivity index (χ0) is 16.7. The molecule has 2 N–H and O–H groups in total. The summed E-state index contributed by atoms with van der Waals surface area (Å²) >= 11 is 6.00. The number of aromatic nitrogens is 3. The van der Waals surface area contributed by atoms with E-state index in [2.05, 4.69) is 20.9 Å². The summed E-state index contributed by atoms with van der Waals surface area (Å²) in [6.45, 7) is 2.05. The van der Waals surface area contributed by atoms with E-state index in [0.717, 1.165) is 23.2 Å². The standard InChI is InChI=1S/C17H14ClN5O/c1-2-13-15(10-3-5-11(18)6-4-10)16-19-9-12-14(23(16)22-13)7-8-20-21-17(12)24/h3-9,20H,2H2,1H3,(H,21,24). The van der Waals surface area contributed by atoms with Crippen LogP contribution in [0.1, 0.15) is 28.7 Å². The number of hydrogen-bond donors (Lipinski definition) is 2. The zero-order valence-electron chi connectivity index (χ0n) is 12.9. The Morgan fingerprint density at radius 1 is 1.25 bits per heavy atom. The Hall–Kier alpha value is -2.86. The molecule has 0 bridgehead atoms. The van der Waals surface area contributed by atoms with Gasteiger partial charge in [0.2, 0.25) is 0 Å². The third kappa shape index (κ3) is 2.23. The van der Waals surface area contributed by atoms with Gasteiger partial charge < -0.3 is 5.43 Å². The van der Waals surface area contributed by atoms with Gasteiger partial charge in [-0.05, 0) is 30.2 Å². The SMILES string of the molecule is CCc1nn2c3c(cnc2c1-c1ccc(Cl)cc1)C(=O)NNC=C3. The van der Waals surface area contributed by atoms with E-state index in [1.807, 2.05) is 31.2 Å². The number of nitrogens with one attached hydrogen (secondary N) is 2. The van der Waals surface area contributed by atoms with Crippen LogP contribution in [0, 0.1) is 0 Å². The van der Waals surface area contributed by atoms with Gasteiger partial charge in [-0.15, -0.1) is 0 Å². The minimum Gasteiger partial charge on any atom is -0.306 e. The van der Waals surface area contributed by atoms with Gasteiger partial charge >= 0.3 is 0 Å². The third-order valence-electron chi connectivity index (χ3n) is 3.98. The van der Waals surface area contributed by atoms with Gasteiger partial charge in [0.15, 0.2) is 5.65 Å². The van der Waals surface area contributed by atoms with Crippen molar-refractivity contribution in [1.82, 2.24) is 25.4 Å². The predicted molar refractivity (Wildman–Crippen MR) is 92.4 cm³/mol. The molecule has 1 amide bonds. The van der Waals surface area contributed by atoms with E-state index in [1.54, 1.807) is 23.0 Å². The number of nitrogens with zero attached hydrogens (tertiary/aromatic N) is 3. The number of amides is 1. The molecule has 0 saturated carbocycles. The molecule has 0 unspecified atom stereocenters. The second kappa shape index (κ2) is 5.65. The number of hydrogen-bond acceptors (Lipinski definition) is 4. The summed E-state index contributed by atoms with van der Waals surface area (Å²) in [6, 6.07) is 7.60. The number of fused-ring (bicyclic) bond motifs is 3. The molecular weight excluding hydrogens is 326 g/mol. The summed E-state index contributed by atoms with van der Waals surface area (Å²) in [5, 5.41) is 5.36. The molecule has 6 nitrogen and oxygen atoms in total. The van der Waals surface area contributed by atoms with Gasteiger partial charge in [-0.2, -0.15) is 5.10 Å². The fraction of sp³-hybridized carbons (Fsp3) is 0.118. The van der Waals surface area contributed by atoms with Gasteiger partial charge in [-0.1, -0.05) is 30.7 Å². The fourth-order valence-electron chi connectivity index (χ4n) is 2.84. The molecule has 0 saturated heterocycles. The quantitative estimate of drug-likeness (QED) is 0.753. The molecule has 2 aromatic heterocycles. The van der Waals surface area contributed by atoms with Crippen molar-refractivity contribution in [2.24, 2.45) is 0 Å². The van der Waals surface area contributed by atoms with E-state index in [0.29, 0.717) is 21.9 Å². The van der Waals surface area contributed by atoms with Crippen LogP contribution >= 0.6 is 11.6 Å². The molecule has 0 radical (unpaired) electrons. The Labute approximate surface area is 143 Å². The Balaban J connectivity index is 2.03. The van der Waals surface area contributed by atoms with Crippen LogP contribution in [-0.2, 0) is 6.42 Å². The monoisotopic (exact) mass is 339 g/mol. The second-order valence-electron chi connectivity index (χ2n) is 5.41. The fourth-order valence-corrected chi connectivity index (χ4v) is 2.96. The van der Waals surface area contributed by atoms with E-state index >= 15 is 0 Å². The third-order valence-corrected chi connectivity index (χ3v) is 4.23. The van der Waals surface area contributed by atoms with Gasteiger partial charge in [0, 0.05) is 23.0 Å². The molecule has 7 heteroatoms. The van der Waals surface area contributed by atoms with Crippen molar-refractivity contribution in [3.63, 3.8) is 0 Å². The molecule has 4 rings (SSSR count). The molecule has 24 heavy (non-hydrogen) atoms. The highest BCUT2D eigenvalue weighted by molar-refractivity contribution is 6.30. The molecule has 0 aliphatic carbocycles. The molecule has 1 aliphatic rings. The lowest BCUT2D eigenvalue weighted by atomic mass is 10.0. The number of halogens is 1. The first-order valence-electron chi connectivity index (χ1n) is 7.58. The highest BCUT2D eigenvalue weighted by Crippen LogP contribution is 2.30. The normalized spacial score (nSPS) is 13.3. The Bertz CT molecular complexity index is 975. The smallest absolute Gasteiger partial charge is 0.273 e. The van der Waals surface area contributed by atoms with Crippen LogP contribution in [0.5, 0.6) is 0 Å². The first kappa shape index (κ1) is 14.7. The second-order valence-corrected chi connectivity index (χ2v) is 5.84. The van der Waals surface area contributed by atoms with Gasteiger partial charge in [-0.3, -0.25) is 10.2 Å². The van der Waals surface area contributed by atoms with E-state index in [-0.39, 0.29) is 5.91 Å². The molecule has 0 fully saturated rings. The Morgan fingerprint density at radius 3 is 2.79 bits per heavy atom. The van der Waals surface area contributed by atoms with Crippen LogP contribution < -0.4 is 10.9 Å². The zero-order valence-corrected chi connectivity index (χ0v) is 13.6. The summed E-state index contributed by atoms with van der Waals surface area (Å²) in [4.78, 5) is 16.6. The topological polar surface area (TPSA) is 71.3 Å². The largest absolute Gasteiger partial charge is 0.306 e. The van der Waals surface area contributed by atoms with Crippen LogP contribution in [-0.4, -0.2) is 20.5 Å². The highest BCUT2D eigenvalue weighted by Gasteiger charge is 2.21. The lowest BCUT2D eigenvalue weighted by Gasteiger charge is -2.06. The minimum atomic E-state index is -0.244. The van der Waals surface area contributed by atoms with Crippen molar-refractivity contribution in [3.8, 4) is 11.1 Å². The number of carbonyl (C=O) groups excluding carboxylic acids is 1. The molecule has 0 atom stereocenters. The minimum absolute atomic E-state index is 0.244. The van der Waals surface area contributed by atoms with Crippen molar-refractivity contribution in [2.75, 3.05) is 0 Å². The molecule has 1 aliphatic heterocycles. The average molecular weight is 340 g/mol. The van der Waals surface area contributed by atoms with E-state index < -0.39 is 0 Å². The summed E-state index contributed by atoms with van der Waals surface area (Å²) in [5.74, 6) is -0.244.